The van der Waals surface area contributed by atoms with Gasteiger partial charge in [-0.1, -0.05) is 12.1 Å². The Balaban J connectivity index is 1.42. The molecular formula is C17H21N5O2. The molecule has 0 radical (unpaired) electrons. The molecule has 1 aromatic carbocycles. The SMILES string of the molecule is Cc1nc(C)n(C[C@H]2CN(Cc3nc4ccccc4o3)CCO2)n1. The van der Waals surface area contributed by atoms with Gasteiger partial charge in [0.15, 0.2) is 5.58 Å². The van der Waals surface area contributed by atoms with Gasteiger partial charge >= 0.3 is 0 Å². The fourth-order valence-electron chi connectivity index (χ4n) is 3.14. The normalized spacial score (nSPS) is 19.2. The van der Waals surface area contributed by atoms with Crippen molar-refractivity contribution < 1.29 is 9.15 Å². The van der Waals surface area contributed by atoms with E-state index in [0.717, 1.165) is 48.3 Å². The third-order valence-electron chi connectivity index (χ3n) is 4.26. The third kappa shape index (κ3) is 3.18. The lowest BCUT2D eigenvalue weighted by molar-refractivity contribution is -0.0424. The number of ether oxygens (including phenoxy) is 1. The van der Waals surface area contributed by atoms with Crippen molar-refractivity contribution in [1.29, 1.82) is 0 Å². The average molecular weight is 327 g/mol. The zero-order valence-corrected chi connectivity index (χ0v) is 14.0. The standard InChI is InChI=1S/C17H21N5O2/c1-12-18-13(2)22(20-12)10-14-9-21(7-8-23-14)11-17-19-15-5-3-4-6-16(15)24-17/h3-6,14H,7-11H2,1-2H3/t14-/m1/s1. The number of morpholine rings is 1. The van der Waals surface area contributed by atoms with Crippen molar-refractivity contribution in [2.24, 2.45) is 0 Å². The van der Waals surface area contributed by atoms with E-state index < -0.39 is 0 Å². The lowest BCUT2D eigenvalue weighted by Gasteiger charge is -2.32. The highest BCUT2D eigenvalue weighted by atomic mass is 16.5. The molecule has 24 heavy (non-hydrogen) atoms. The number of para-hydroxylation sites is 2. The molecule has 3 heterocycles. The average Bonchev–Trinajstić information content (AvgIpc) is 3.10. The lowest BCUT2D eigenvalue weighted by Crippen LogP contribution is -2.44. The molecule has 0 unspecified atom stereocenters. The lowest BCUT2D eigenvalue weighted by atomic mass is 10.2. The Morgan fingerprint density at radius 3 is 2.88 bits per heavy atom. The van der Waals surface area contributed by atoms with E-state index in [1.165, 1.54) is 0 Å². The highest BCUT2D eigenvalue weighted by molar-refractivity contribution is 5.72. The molecule has 0 amide bonds. The summed E-state index contributed by atoms with van der Waals surface area (Å²) in [6.45, 7) is 7.71. The number of oxazole rings is 1. The number of benzene rings is 1. The summed E-state index contributed by atoms with van der Waals surface area (Å²) in [6, 6.07) is 7.86. The number of fused-ring (bicyclic) bond motifs is 1. The summed E-state index contributed by atoms with van der Waals surface area (Å²) in [4.78, 5) is 11.2. The van der Waals surface area contributed by atoms with E-state index in [4.69, 9.17) is 9.15 Å². The van der Waals surface area contributed by atoms with E-state index in [1.807, 2.05) is 42.8 Å². The summed E-state index contributed by atoms with van der Waals surface area (Å²) in [5.74, 6) is 2.48. The molecule has 7 nitrogen and oxygen atoms in total. The number of rotatable bonds is 4. The Morgan fingerprint density at radius 1 is 1.21 bits per heavy atom. The number of hydrogen-bond acceptors (Lipinski definition) is 6. The van der Waals surface area contributed by atoms with Gasteiger partial charge in [-0.2, -0.15) is 5.10 Å². The van der Waals surface area contributed by atoms with Crippen molar-refractivity contribution in [3.63, 3.8) is 0 Å². The van der Waals surface area contributed by atoms with Crippen LogP contribution in [-0.4, -0.2) is 50.4 Å². The second-order valence-corrected chi connectivity index (χ2v) is 6.19. The summed E-state index contributed by atoms with van der Waals surface area (Å²) < 4.78 is 13.6. The number of aryl methyl sites for hydroxylation is 2. The molecule has 1 fully saturated rings. The first-order valence-electron chi connectivity index (χ1n) is 8.24. The fourth-order valence-corrected chi connectivity index (χ4v) is 3.14. The summed E-state index contributed by atoms with van der Waals surface area (Å²) in [5.41, 5.74) is 1.75. The summed E-state index contributed by atoms with van der Waals surface area (Å²) in [5, 5.41) is 4.42. The molecule has 1 atom stereocenters. The smallest absolute Gasteiger partial charge is 0.209 e. The van der Waals surface area contributed by atoms with Crippen LogP contribution in [0.3, 0.4) is 0 Å². The maximum Gasteiger partial charge on any atom is 0.209 e. The van der Waals surface area contributed by atoms with Crippen molar-refractivity contribution in [3.05, 3.63) is 41.8 Å². The molecule has 126 valence electrons. The van der Waals surface area contributed by atoms with E-state index in [9.17, 15) is 0 Å². The quantitative estimate of drug-likeness (QED) is 0.729. The van der Waals surface area contributed by atoms with Crippen LogP contribution in [-0.2, 0) is 17.8 Å². The van der Waals surface area contributed by atoms with Crippen molar-refractivity contribution in [1.82, 2.24) is 24.6 Å². The Bertz CT molecular complexity index is 807. The molecule has 3 aromatic rings. The van der Waals surface area contributed by atoms with Crippen molar-refractivity contribution in [2.45, 2.75) is 33.0 Å². The van der Waals surface area contributed by atoms with Gasteiger partial charge in [0.25, 0.3) is 0 Å². The highest BCUT2D eigenvalue weighted by Gasteiger charge is 2.23. The van der Waals surface area contributed by atoms with E-state index in [-0.39, 0.29) is 6.10 Å². The van der Waals surface area contributed by atoms with Gasteiger partial charge in [-0.15, -0.1) is 0 Å². The van der Waals surface area contributed by atoms with Gasteiger partial charge in [0.05, 0.1) is 25.8 Å². The Labute approximate surface area is 140 Å². The third-order valence-corrected chi connectivity index (χ3v) is 4.26. The number of aromatic nitrogens is 4. The molecule has 0 aliphatic carbocycles. The zero-order valence-electron chi connectivity index (χ0n) is 14.0. The maximum absolute atomic E-state index is 5.89. The van der Waals surface area contributed by atoms with E-state index in [2.05, 4.69) is 20.0 Å². The highest BCUT2D eigenvalue weighted by Crippen LogP contribution is 2.17. The van der Waals surface area contributed by atoms with Gasteiger partial charge in [0, 0.05) is 13.1 Å². The maximum atomic E-state index is 5.89. The van der Waals surface area contributed by atoms with Crippen LogP contribution in [0.15, 0.2) is 28.7 Å². The van der Waals surface area contributed by atoms with Crippen LogP contribution in [0.2, 0.25) is 0 Å². The predicted molar refractivity (Wildman–Crippen MR) is 88.5 cm³/mol. The minimum absolute atomic E-state index is 0.0999. The van der Waals surface area contributed by atoms with Crippen LogP contribution in [0, 0.1) is 13.8 Å². The first-order valence-corrected chi connectivity index (χ1v) is 8.24. The molecule has 0 saturated carbocycles. The molecule has 0 bridgehead atoms. The summed E-state index contributed by atoms with van der Waals surface area (Å²) in [6.07, 6.45) is 0.0999. The van der Waals surface area contributed by atoms with Gasteiger partial charge in [-0.25, -0.2) is 14.6 Å². The number of nitrogens with zero attached hydrogens (tertiary/aromatic N) is 5. The van der Waals surface area contributed by atoms with Crippen LogP contribution in [0.4, 0.5) is 0 Å². The van der Waals surface area contributed by atoms with Gasteiger partial charge in [0.2, 0.25) is 5.89 Å². The Kier molecular flexibility index (Phi) is 4.03. The molecule has 1 saturated heterocycles. The van der Waals surface area contributed by atoms with E-state index in [1.54, 1.807) is 0 Å². The van der Waals surface area contributed by atoms with Crippen LogP contribution < -0.4 is 0 Å². The fraction of sp³-hybridized carbons (Fsp3) is 0.471. The molecule has 1 aliphatic heterocycles. The first-order chi connectivity index (χ1) is 11.7. The van der Waals surface area contributed by atoms with Crippen LogP contribution in [0.25, 0.3) is 11.1 Å². The van der Waals surface area contributed by atoms with Crippen molar-refractivity contribution >= 4 is 11.1 Å². The van der Waals surface area contributed by atoms with Gasteiger partial charge in [0.1, 0.15) is 17.2 Å². The minimum atomic E-state index is 0.0999. The van der Waals surface area contributed by atoms with Gasteiger partial charge in [-0.05, 0) is 26.0 Å². The monoisotopic (exact) mass is 327 g/mol. The van der Waals surface area contributed by atoms with Crippen LogP contribution in [0.1, 0.15) is 17.5 Å². The van der Waals surface area contributed by atoms with Crippen molar-refractivity contribution in [2.75, 3.05) is 19.7 Å². The molecule has 2 aromatic heterocycles. The zero-order chi connectivity index (χ0) is 16.5. The largest absolute Gasteiger partial charge is 0.439 e. The van der Waals surface area contributed by atoms with Crippen LogP contribution in [0.5, 0.6) is 0 Å². The molecule has 7 heteroatoms. The molecular weight excluding hydrogens is 306 g/mol. The summed E-state index contributed by atoms with van der Waals surface area (Å²) >= 11 is 0. The van der Waals surface area contributed by atoms with Gasteiger partial charge in [-0.3, -0.25) is 4.90 Å². The van der Waals surface area contributed by atoms with Crippen molar-refractivity contribution in [3.8, 4) is 0 Å². The molecule has 1 aliphatic rings. The first kappa shape index (κ1) is 15.3. The topological polar surface area (TPSA) is 69.2 Å². The van der Waals surface area contributed by atoms with E-state index >= 15 is 0 Å². The Morgan fingerprint density at radius 2 is 2.08 bits per heavy atom. The minimum Gasteiger partial charge on any atom is -0.439 e. The number of hydrogen-bond donors (Lipinski definition) is 0. The van der Waals surface area contributed by atoms with Gasteiger partial charge < -0.3 is 9.15 Å². The second kappa shape index (κ2) is 6.33. The van der Waals surface area contributed by atoms with Crippen LogP contribution >= 0.6 is 0 Å². The molecule has 0 N–H and O–H groups in total. The summed E-state index contributed by atoms with van der Waals surface area (Å²) in [7, 11) is 0. The van der Waals surface area contributed by atoms with E-state index in [0.29, 0.717) is 13.2 Å². The molecule has 4 rings (SSSR count). The Hall–Kier alpha value is -2.25. The second-order valence-electron chi connectivity index (χ2n) is 6.19. The molecule has 0 spiro atoms. The predicted octanol–water partition coefficient (Wildman–Crippen LogP) is 1.94.